The van der Waals surface area contributed by atoms with Crippen molar-refractivity contribution in [1.29, 1.82) is 0 Å². The van der Waals surface area contributed by atoms with E-state index in [9.17, 15) is 13.2 Å². The molecule has 0 amide bonds. The number of benzene rings is 1. The average Bonchev–Trinajstić information content (AvgIpc) is 2.88. The van der Waals surface area contributed by atoms with Crippen LogP contribution in [0.1, 0.15) is 11.1 Å². The van der Waals surface area contributed by atoms with Crippen molar-refractivity contribution in [2.24, 2.45) is 0 Å². The minimum absolute atomic E-state index is 0.144. The lowest BCUT2D eigenvalue weighted by molar-refractivity contribution is -0.137. The second-order valence-electron chi connectivity index (χ2n) is 6.42. The summed E-state index contributed by atoms with van der Waals surface area (Å²) in [6.45, 7) is 6.32. The molecule has 0 fully saturated rings. The Kier molecular flexibility index (Phi) is 6.28. The van der Waals surface area contributed by atoms with Crippen LogP contribution < -0.4 is 5.32 Å². The van der Waals surface area contributed by atoms with E-state index in [1.807, 2.05) is 6.26 Å². The van der Waals surface area contributed by atoms with Crippen LogP contribution in [0.2, 0.25) is 29.7 Å². The topological polar surface area (TPSA) is 40.7 Å². The Balaban J connectivity index is 2.46. The number of hydrogen-bond acceptors (Lipinski definition) is 3. The third-order valence-corrected chi connectivity index (χ3v) is 5.26. The SMILES string of the molecule is CSc1n[nH]c(Nc2c(Cl)cc(C(F)(F)F)cc2Cl)c1C#C[Si](C)(C)C. The molecule has 0 aliphatic rings. The summed E-state index contributed by atoms with van der Waals surface area (Å²) in [6, 6.07) is 1.66. The third kappa shape index (κ3) is 5.13. The van der Waals surface area contributed by atoms with Crippen molar-refractivity contribution in [2.75, 3.05) is 11.6 Å². The molecule has 2 rings (SSSR count). The monoisotopic (exact) mass is 437 g/mol. The van der Waals surface area contributed by atoms with Crippen molar-refractivity contribution >= 4 is 54.5 Å². The first kappa shape index (κ1) is 21.0. The summed E-state index contributed by atoms with van der Waals surface area (Å²) in [7, 11) is -1.63. The Morgan fingerprint density at radius 2 is 1.77 bits per heavy atom. The molecule has 140 valence electrons. The van der Waals surface area contributed by atoms with Gasteiger partial charge in [0, 0.05) is 0 Å². The molecule has 0 aliphatic carbocycles. The standard InChI is InChI=1S/C16H16Cl2F3N3SSi/c1-25-15-10(5-6-26(2,3)4)14(23-24-15)22-13-11(17)7-9(8-12(13)18)16(19,20)21/h7-8H,1-4H3,(H2,22,23,24). The Morgan fingerprint density at radius 3 is 2.23 bits per heavy atom. The number of nitrogens with one attached hydrogen (secondary N) is 2. The second-order valence-corrected chi connectivity index (χ2v) is 12.8. The van der Waals surface area contributed by atoms with Crippen molar-refractivity contribution in [1.82, 2.24) is 10.2 Å². The number of aromatic nitrogens is 2. The number of aromatic amines is 1. The lowest BCUT2D eigenvalue weighted by atomic mass is 10.2. The Bertz CT molecular complexity index is 857. The molecule has 0 unspecified atom stereocenters. The number of hydrogen-bond donors (Lipinski definition) is 2. The van der Waals surface area contributed by atoms with E-state index in [4.69, 9.17) is 23.2 Å². The Morgan fingerprint density at radius 1 is 1.19 bits per heavy atom. The molecule has 26 heavy (non-hydrogen) atoms. The van der Waals surface area contributed by atoms with Crippen LogP contribution in [0.25, 0.3) is 0 Å². The van der Waals surface area contributed by atoms with Crippen LogP contribution in [0.15, 0.2) is 17.2 Å². The smallest absolute Gasteiger partial charge is 0.337 e. The van der Waals surface area contributed by atoms with Crippen molar-refractivity contribution in [3.8, 4) is 11.5 Å². The first-order valence-corrected chi connectivity index (χ1v) is 12.9. The summed E-state index contributed by atoms with van der Waals surface area (Å²) in [5.74, 6) is 3.55. The van der Waals surface area contributed by atoms with Gasteiger partial charge in [-0.3, -0.25) is 5.10 Å². The Labute approximate surface area is 165 Å². The summed E-state index contributed by atoms with van der Waals surface area (Å²) >= 11 is 13.4. The van der Waals surface area contributed by atoms with E-state index in [1.165, 1.54) is 11.8 Å². The normalized spacial score (nSPS) is 11.9. The lowest BCUT2D eigenvalue weighted by Gasteiger charge is -2.13. The quantitative estimate of drug-likeness (QED) is 0.330. The highest BCUT2D eigenvalue weighted by Gasteiger charge is 2.32. The molecule has 0 bridgehead atoms. The molecule has 2 aromatic rings. The van der Waals surface area contributed by atoms with E-state index in [1.54, 1.807) is 0 Å². The minimum Gasteiger partial charge on any atom is -0.337 e. The van der Waals surface area contributed by atoms with Crippen LogP contribution in [0.4, 0.5) is 24.7 Å². The Hall–Kier alpha value is -1.27. The summed E-state index contributed by atoms with van der Waals surface area (Å²) in [5.41, 5.74) is 3.13. The summed E-state index contributed by atoms with van der Waals surface area (Å²) in [4.78, 5) is 0. The number of H-pyrrole nitrogens is 1. The number of anilines is 2. The van der Waals surface area contributed by atoms with Gasteiger partial charge in [0.2, 0.25) is 0 Å². The summed E-state index contributed by atoms with van der Waals surface area (Å²) in [5, 5.41) is 10.3. The van der Waals surface area contributed by atoms with Crippen LogP contribution in [0.3, 0.4) is 0 Å². The zero-order valence-corrected chi connectivity index (χ0v) is 17.7. The molecule has 3 nitrogen and oxygen atoms in total. The lowest BCUT2D eigenvalue weighted by Crippen LogP contribution is -2.16. The van der Waals surface area contributed by atoms with Gasteiger partial charge in [-0.15, -0.1) is 17.3 Å². The van der Waals surface area contributed by atoms with Gasteiger partial charge in [0.1, 0.15) is 24.5 Å². The van der Waals surface area contributed by atoms with Gasteiger partial charge in [-0.1, -0.05) is 48.8 Å². The minimum atomic E-state index is -4.53. The van der Waals surface area contributed by atoms with Gasteiger partial charge >= 0.3 is 6.18 Å². The van der Waals surface area contributed by atoms with E-state index >= 15 is 0 Å². The molecular weight excluding hydrogens is 422 g/mol. The zero-order chi connectivity index (χ0) is 19.7. The maximum Gasteiger partial charge on any atom is 0.416 e. The van der Waals surface area contributed by atoms with Crippen LogP contribution >= 0.6 is 35.0 Å². The first-order chi connectivity index (χ1) is 11.9. The van der Waals surface area contributed by atoms with E-state index in [-0.39, 0.29) is 15.7 Å². The number of rotatable bonds is 3. The molecule has 0 atom stereocenters. The fraction of sp³-hybridized carbons (Fsp3) is 0.312. The number of halogens is 5. The molecule has 0 spiro atoms. The molecule has 1 heterocycles. The molecule has 0 radical (unpaired) electrons. The molecular formula is C16H16Cl2F3N3SSi. The summed E-state index contributed by atoms with van der Waals surface area (Å²) < 4.78 is 38.6. The highest BCUT2D eigenvalue weighted by molar-refractivity contribution is 7.98. The van der Waals surface area contributed by atoms with Crippen molar-refractivity contribution < 1.29 is 13.2 Å². The maximum absolute atomic E-state index is 12.9. The highest BCUT2D eigenvalue weighted by atomic mass is 35.5. The largest absolute Gasteiger partial charge is 0.416 e. The second kappa shape index (κ2) is 7.77. The van der Waals surface area contributed by atoms with E-state index in [0.29, 0.717) is 16.4 Å². The predicted octanol–water partition coefficient (Wildman–Crippen LogP) is 6.43. The average molecular weight is 438 g/mol. The fourth-order valence-corrected chi connectivity index (χ4v) is 3.49. The molecule has 1 aromatic heterocycles. The van der Waals surface area contributed by atoms with Crippen molar-refractivity contribution in [3.63, 3.8) is 0 Å². The van der Waals surface area contributed by atoms with Gasteiger partial charge in [0.15, 0.2) is 0 Å². The van der Waals surface area contributed by atoms with Gasteiger partial charge < -0.3 is 5.32 Å². The number of thioether (sulfide) groups is 1. The van der Waals surface area contributed by atoms with Crippen LogP contribution in [-0.2, 0) is 6.18 Å². The van der Waals surface area contributed by atoms with Gasteiger partial charge in [-0.25, -0.2) is 0 Å². The zero-order valence-electron chi connectivity index (χ0n) is 14.4. The van der Waals surface area contributed by atoms with Gasteiger partial charge in [-0.05, 0) is 18.4 Å². The molecule has 2 N–H and O–H groups in total. The van der Waals surface area contributed by atoms with Crippen LogP contribution in [0, 0.1) is 11.5 Å². The van der Waals surface area contributed by atoms with Crippen molar-refractivity contribution in [3.05, 3.63) is 33.3 Å². The van der Waals surface area contributed by atoms with E-state index < -0.39 is 19.8 Å². The highest BCUT2D eigenvalue weighted by Crippen LogP contribution is 2.40. The maximum atomic E-state index is 12.9. The molecule has 0 saturated carbocycles. The molecule has 0 aliphatic heterocycles. The summed E-state index contributed by atoms with van der Waals surface area (Å²) in [6.07, 6.45) is -2.67. The van der Waals surface area contributed by atoms with Crippen molar-refractivity contribution in [2.45, 2.75) is 30.8 Å². The van der Waals surface area contributed by atoms with Gasteiger partial charge in [-0.2, -0.15) is 18.3 Å². The molecule has 1 aromatic carbocycles. The van der Waals surface area contributed by atoms with E-state index in [0.717, 1.165) is 12.1 Å². The van der Waals surface area contributed by atoms with Gasteiger partial charge in [0.25, 0.3) is 0 Å². The molecule has 0 saturated heterocycles. The van der Waals surface area contributed by atoms with E-state index in [2.05, 4.69) is 46.6 Å². The third-order valence-electron chi connectivity index (χ3n) is 3.11. The predicted molar refractivity (Wildman–Crippen MR) is 105 cm³/mol. The number of alkyl halides is 3. The molecule has 10 heteroatoms. The van der Waals surface area contributed by atoms with Crippen LogP contribution in [-0.4, -0.2) is 24.5 Å². The number of nitrogens with zero attached hydrogens (tertiary/aromatic N) is 1. The van der Waals surface area contributed by atoms with Gasteiger partial charge in [0.05, 0.1) is 21.3 Å². The van der Waals surface area contributed by atoms with Crippen LogP contribution in [0.5, 0.6) is 0 Å². The fourth-order valence-electron chi connectivity index (χ4n) is 1.91. The first-order valence-electron chi connectivity index (χ1n) is 7.41.